The lowest BCUT2D eigenvalue weighted by Gasteiger charge is -2.15. The van der Waals surface area contributed by atoms with Gasteiger partial charge in [-0.25, -0.2) is 0 Å². The van der Waals surface area contributed by atoms with Crippen LogP contribution in [0.25, 0.3) is 0 Å². The second-order valence-corrected chi connectivity index (χ2v) is 5.39. The third kappa shape index (κ3) is 4.09. The first-order valence-corrected chi connectivity index (χ1v) is 7.38. The summed E-state index contributed by atoms with van der Waals surface area (Å²) in [5.41, 5.74) is 1.62. The first-order valence-electron chi connectivity index (χ1n) is 6.18. The van der Waals surface area contributed by atoms with Crippen LogP contribution in [0.5, 0.6) is 11.5 Å². The molecule has 0 heterocycles. The topological polar surface area (TPSA) is 42.5 Å². The summed E-state index contributed by atoms with van der Waals surface area (Å²) in [6, 6.07) is 13.2. The Morgan fingerprint density at radius 2 is 1.71 bits per heavy atom. The van der Waals surface area contributed by atoms with Gasteiger partial charge in [0.2, 0.25) is 0 Å². The molecule has 0 spiro atoms. The molecule has 0 amide bonds. The highest BCUT2D eigenvalue weighted by Crippen LogP contribution is 2.29. The van der Waals surface area contributed by atoms with Crippen LogP contribution in [-0.4, -0.2) is 19.3 Å². The van der Waals surface area contributed by atoms with Crippen molar-refractivity contribution < 1.29 is 9.47 Å². The average molecular weight is 367 g/mol. The highest BCUT2D eigenvalue weighted by atomic mass is 79.9. The van der Waals surface area contributed by atoms with Gasteiger partial charge < -0.3 is 20.1 Å². The molecule has 0 bridgehead atoms. The van der Waals surface area contributed by atoms with Gasteiger partial charge in [0.25, 0.3) is 0 Å². The van der Waals surface area contributed by atoms with Gasteiger partial charge in [-0.2, -0.15) is 0 Å². The molecule has 0 atom stereocenters. The molecular formula is C15H15BrN2O2S. The van der Waals surface area contributed by atoms with Crippen LogP contribution in [0.1, 0.15) is 0 Å². The Morgan fingerprint density at radius 1 is 1.00 bits per heavy atom. The smallest absolute Gasteiger partial charge is 0.175 e. The van der Waals surface area contributed by atoms with Gasteiger partial charge >= 0.3 is 0 Å². The number of thiocarbonyl (C=S) groups is 1. The van der Waals surface area contributed by atoms with Gasteiger partial charge in [0, 0.05) is 10.5 Å². The van der Waals surface area contributed by atoms with Gasteiger partial charge in [0.05, 0.1) is 25.6 Å². The van der Waals surface area contributed by atoms with E-state index in [-0.39, 0.29) is 0 Å². The fourth-order valence-electron chi connectivity index (χ4n) is 1.75. The Morgan fingerprint density at radius 3 is 2.38 bits per heavy atom. The Bertz CT molecular complexity index is 649. The highest BCUT2D eigenvalue weighted by Gasteiger charge is 2.08. The Labute approximate surface area is 137 Å². The second kappa shape index (κ2) is 7.28. The maximum Gasteiger partial charge on any atom is 0.175 e. The number of benzene rings is 2. The third-order valence-corrected chi connectivity index (χ3v) is 3.67. The molecule has 2 N–H and O–H groups in total. The molecule has 0 unspecified atom stereocenters. The average Bonchev–Trinajstić information content (AvgIpc) is 2.49. The van der Waals surface area contributed by atoms with Crippen LogP contribution in [0.2, 0.25) is 0 Å². The zero-order chi connectivity index (χ0) is 15.2. The molecular weight excluding hydrogens is 352 g/mol. The Hall–Kier alpha value is -1.79. The molecule has 0 saturated carbocycles. The van der Waals surface area contributed by atoms with Crippen LogP contribution in [-0.2, 0) is 0 Å². The van der Waals surface area contributed by atoms with Gasteiger partial charge in [-0.3, -0.25) is 0 Å². The number of anilines is 2. The first-order chi connectivity index (χ1) is 10.1. The van der Waals surface area contributed by atoms with Gasteiger partial charge in [-0.15, -0.1) is 0 Å². The van der Waals surface area contributed by atoms with Crippen molar-refractivity contribution in [2.45, 2.75) is 0 Å². The minimum atomic E-state index is 0.466. The van der Waals surface area contributed by atoms with Crippen LogP contribution in [0.15, 0.2) is 46.9 Å². The van der Waals surface area contributed by atoms with Crippen molar-refractivity contribution >= 4 is 44.6 Å². The fourth-order valence-corrected chi connectivity index (χ4v) is 2.35. The Balaban J connectivity index is 2.14. The zero-order valence-corrected chi connectivity index (χ0v) is 14.0. The lowest BCUT2D eigenvalue weighted by molar-refractivity contribution is 0.405. The quantitative estimate of drug-likeness (QED) is 0.790. The predicted molar refractivity (Wildman–Crippen MR) is 93.5 cm³/mol. The number of hydrogen-bond acceptors (Lipinski definition) is 3. The summed E-state index contributed by atoms with van der Waals surface area (Å²) in [4.78, 5) is 0. The lowest BCUT2D eigenvalue weighted by atomic mass is 10.2. The molecule has 4 nitrogen and oxygen atoms in total. The molecule has 0 aromatic heterocycles. The number of halogens is 1. The van der Waals surface area contributed by atoms with Crippen LogP contribution in [0, 0.1) is 0 Å². The van der Waals surface area contributed by atoms with Crippen LogP contribution in [0.3, 0.4) is 0 Å². The molecule has 21 heavy (non-hydrogen) atoms. The van der Waals surface area contributed by atoms with Crippen molar-refractivity contribution in [2.24, 2.45) is 0 Å². The summed E-state index contributed by atoms with van der Waals surface area (Å²) in [6.07, 6.45) is 0. The Kier molecular flexibility index (Phi) is 5.41. The van der Waals surface area contributed by atoms with E-state index in [0.29, 0.717) is 10.9 Å². The maximum atomic E-state index is 5.33. The summed E-state index contributed by atoms with van der Waals surface area (Å²) in [7, 11) is 3.22. The van der Waals surface area contributed by atoms with E-state index in [2.05, 4.69) is 26.6 Å². The van der Waals surface area contributed by atoms with E-state index >= 15 is 0 Å². The summed E-state index contributed by atoms with van der Waals surface area (Å²) >= 11 is 8.79. The van der Waals surface area contributed by atoms with E-state index in [4.69, 9.17) is 21.7 Å². The van der Waals surface area contributed by atoms with Crippen molar-refractivity contribution in [1.82, 2.24) is 0 Å². The summed E-state index contributed by atoms with van der Waals surface area (Å²) in [5, 5.41) is 6.70. The van der Waals surface area contributed by atoms with Crippen LogP contribution >= 0.6 is 28.1 Å². The molecule has 2 aromatic carbocycles. The molecule has 0 aliphatic rings. The van der Waals surface area contributed by atoms with E-state index in [0.717, 1.165) is 21.6 Å². The molecule has 110 valence electrons. The number of para-hydroxylation sites is 1. The van der Waals surface area contributed by atoms with Crippen molar-refractivity contribution in [1.29, 1.82) is 0 Å². The molecule has 6 heteroatoms. The lowest BCUT2D eigenvalue weighted by Crippen LogP contribution is -2.19. The number of ether oxygens (including phenoxy) is 2. The summed E-state index contributed by atoms with van der Waals surface area (Å²) < 4.78 is 11.4. The number of nitrogens with one attached hydrogen (secondary N) is 2. The normalized spacial score (nSPS) is 9.86. The van der Waals surface area contributed by atoms with E-state index in [1.165, 1.54) is 0 Å². The minimum absolute atomic E-state index is 0.466. The molecule has 0 aliphatic heterocycles. The van der Waals surface area contributed by atoms with Crippen molar-refractivity contribution in [3.63, 3.8) is 0 Å². The number of hydrogen-bond donors (Lipinski definition) is 2. The van der Waals surface area contributed by atoms with E-state index < -0.39 is 0 Å². The van der Waals surface area contributed by atoms with Gasteiger partial charge in [0.15, 0.2) is 5.11 Å². The van der Waals surface area contributed by atoms with Gasteiger partial charge in [0.1, 0.15) is 11.5 Å². The number of methoxy groups -OCH3 is 2. The second-order valence-electron chi connectivity index (χ2n) is 4.13. The molecule has 0 fully saturated rings. The summed E-state index contributed by atoms with van der Waals surface area (Å²) in [6.45, 7) is 0. The third-order valence-electron chi connectivity index (χ3n) is 2.78. The van der Waals surface area contributed by atoms with E-state index in [1.807, 2.05) is 42.5 Å². The monoisotopic (exact) mass is 366 g/mol. The molecule has 0 aliphatic carbocycles. The number of rotatable bonds is 4. The van der Waals surface area contributed by atoms with Crippen molar-refractivity contribution in [2.75, 3.05) is 24.9 Å². The van der Waals surface area contributed by atoms with Crippen LogP contribution < -0.4 is 20.1 Å². The van der Waals surface area contributed by atoms with Gasteiger partial charge in [-0.1, -0.05) is 12.1 Å². The van der Waals surface area contributed by atoms with Crippen molar-refractivity contribution in [3.8, 4) is 11.5 Å². The molecule has 0 radical (unpaired) electrons. The molecule has 2 rings (SSSR count). The van der Waals surface area contributed by atoms with E-state index in [1.54, 1.807) is 14.2 Å². The van der Waals surface area contributed by atoms with Gasteiger partial charge in [-0.05, 0) is 52.4 Å². The predicted octanol–water partition coefficient (Wildman–Crippen LogP) is 4.28. The van der Waals surface area contributed by atoms with E-state index in [9.17, 15) is 0 Å². The minimum Gasteiger partial charge on any atom is -0.497 e. The van der Waals surface area contributed by atoms with Crippen molar-refractivity contribution in [3.05, 3.63) is 46.9 Å². The fraction of sp³-hybridized carbons (Fsp3) is 0.133. The largest absolute Gasteiger partial charge is 0.497 e. The summed E-state index contributed by atoms with van der Waals surface area (Å²) in [5.74, 6) is 1.41. The first kappa shape index (κ1) is 15.6. The standard InChI is InChI=1S/C15H15BrN2O2S/c1-19-10-7-8-14(20-2)13(9-10)18-15(21)17-12-6-4-3-5-11(12)16/h3-9H,1-2H3,(H2,17,18,21). The van der Waals surface area contributed by atoms with Crippen LogP contribution in [0.4, 0.5) is 11.4 Å². The SMILES string of the molecule is COc1ccc(OC)c(NC(=S)Nc2ccccc2Br)c1. The maximum absolute atomic E-state index is 5.33. The molecule has 2 aromatic rings. The molecule has 0 saturated heterocycles. The zero-order valence-electron chi connectivity index (χ0n) is 11.6. The highest BCUT2D eigenvalue weighted by molar-refractivity contribution is 9.10.